The Morgan fingerprint density at radius 1 is 1.20 bits per heavy atom. The molecule has 160 valence electrons. The van der Waals surface area contributed by atoms with Gasteiger partial charge in [0.25, 0.3) is 0 Å². The highest BCUT2D eigenvalue weighted by Crippen LogP contribution is 2.28. The molecule has 10 heteroatoms. The molecule has 1 atom stereocenters. The number of benzene rings is 1. The molecule has 2 aromatic heterocycles. The predicted octanol–water partition coefficient (Wildman–Crippen LogP) is 4.91. The van der Waals surface area contributed by atoms with Gasteiger partial charge in [0.15, 0.2) is 16.7 Å². The number of carbonyl (C=O) groups is 1. The maximum atomic E-state index is 12.6. The van der Waals surface area contributed by atoms with Crippen LogP contribution in [0, 0.1) is 5.92 Å². The zero-order valence-electron chi connectivity index (χ0n) is 16.7. The number of amides is 1. The van der Waals surface area contributed by atoms with Crippen molar-refractivity contribution in [2.75, 3.05) is 5.32 Å². The van der Waals surface area contributed by atoms with E-state index in [0.717, 1.165) is 0 Å². The highest BCUT2D eigenvalue weighted by molar-refractivity contribution is 8.00. The molecule has 7 nitrogen and oxygen atoms in total. The molecule has 3 rings (SSSR count). The largest absolute Gasteiger partial charge is 0.461 e. The summed E-state index contributed by atoms with van der Waals surface area (Å²) in [4.78, 5) is 12.6. The number of ether oxygens (including phenoxy) is 1. The molecule has 1 amide bonds. The van der Waals surface area contributed by atoms with E-state index in [2.05, 4.69) is 34.1 Å². The van der Waals surface area contributed by atoms with Crippen molar-refractivity contribution < 1.29 is 22.7 Å². The average Bonchev–Trinajstić information content (AvgIpc) is 3.33. The van der Waals surface area contributed by atoms with Gasteiger partial charge in [-0.25, -0.2) is 0 Å². The number of hydrogen-bond acceptors (Lipinski definition) is 6. The molecule has 1 aromatic carbocycles. The number of rotatable bonds is 9. The van der Waals surface area contributed by atoms with Gasteiger partial charge in [0, 0.05) is 12.2 Å². The van der Waals surface area contributed by atoms with E-state index in [9.17, 15) is 13.6 Å². The second-order valence-electron chi connectivity index (χ2n) is 6.94. The summed E-state index contributed by atoms with van der Waals surface area (Å²) >= 11 is 1.28. The van der Waals surface area contributed by atoms with Gasteiger partial charge in [-0.05, 0) is 49.2 Å². The maximum Gasteiger partial charge on any atom is 0.387 e. The molecule has 0 saturated carbocycles. The molecule has 2 heterocycles. The number of thioether (sulfide) groups is 1. The lowest BCUT2D eigenvalue weighted by molar-refractivity contribution is -0.115. The molecule has 0 radical (unpaired) electrons. The number of aromatic nitrogens is 3. The van der Waals surface area contributed by atoms with Crippen LogP contribution in [0.15, 0.2) is 52.2 Å². The second-order valence-corrected chi connectivity index (χ2v) is 8.25. The fraction of sp³-hybridized carbons (Fsp3) is 0.350. The van der Waals surface area contributed by atoms with E-state index in [4.69, 9.17) is 4.42 Å². The summed E-state index contributed by atoms with van der Waals surface area (Å²) in [6.07, 6.45) is 1.57. The van der Waals surface area contributed by atoms with E-state index >= 15 is 0 Å². The van der Waals surface area contributed by atoms with Crippen molar-refractivity contribution in [3.63, 3.8) is 0 Å². The van der Waals surface area contributed by atoms with E-state index in [0.29, 0.717) is 34.9 Å². The minimum Gasteiger partial charge on any atom is -0.461 e. The van der Waals surface area contributed by atoms with Gasteiger partial charge in [-0.1, -0.05) is 25.6 Å². The molecule has 0 aliphatic rings. The van der Waals surface area contributed by atoms with Crippen LogP contribution in [0.25, 0.3) is 11.6 Å². The van der Waals surface area contributed by atoms with Crippen LogP contribution in [0.1, 0.15) is 20.8 Å². The first kappa shape index (κ1) is 21.8. The fourth-order valence-corrected chi connectivity index (χ4v) is 3.53. The van der Waals surface area contributed by atoms with E-state index in [-0.39, 0.29) is 11.7 Å². The molecule has 0 fully saturated rings. The summed E-state index contributed by atoms with van der Waals surface area (Å²) in [6, 6.07) is 9.34. The minimum absolute atomic E-state index is 0.0256. The summed E-state index contributed by atoms with van der Waals surface area (Å²) in [7, 11) is 0. The SMILES string of the molecule is CC(C)Cn1c(SC(C)C(=O)Nc2ccc(OC(F)F)cc2)nnc1-c1ccco1. The van der Waals surface area contributed by atoms with Crippen molar-refractivity contribution in [3.05, 3.63) is 42.7 Å². The van der Waals surface area contributed by atoms with Crippen molar-refractivity contribution in [3.8, 4) is 17.3 Å². The van der Waals surface area contributed by atoms with Crippen molar-refractivity contribution in [1.82, 2.24) is 14.8 Å². The average molecular weight is 436 g/mol. The number of nitrogens with zero attached hydrogens (tertiary/aromatic N) is 3. The van der Waals surface area contributed by atoms with Crippen molar-refractivity contribution in [2.45, 2.75) is 44.3 Å². The van der Waals surface area contributed by atoms with Crippen LogP contribution >= 0.6 is 11.8 Å². The summed E-state index contributed by atoms with van der Waals surface area (Å²) in [5.41, 5.74) is 0.481. The smallest absolute Gasteiger partial charge is 0.387 e. The number of halogens is 2. The molecule has 0 bridgehead atoms. The Morgan fingerprint density at radius 2 is 1.93 bits per heavy atom. The van der Waals surface area contributed by atoms with E-state index < -0.39 is 11.9 Å². The van der Waals surface area contributed by atoms with Crippen LogP contribution in [0.2, 0.25) is 0 Å². The number of alkyl halides is 2. The summed E-state index contributed by atoms with van der Waals surface area (Å²) < 4.78 is 36.2. The topological polar surface area (TPSA) is 82.2 Å². The lowest BCUT2D eigenvalue weighted by Crippen LogP contribution is -2.23. The van der Waals surface area contributed by atoms with E-state index in [1.807, 2.05) is 10.6 Å². The van der Waals surface area contributed by atoms with Crippen molar-refractivity contribution in [1.29, 1.82) is 0 Å². The highest BCUT2D eigenvalue weighted by Gasteiger charge is 2.22. The van der Waals surface area contributed by atoms with Crippen LogP contribution in [-0.4, -0.2) is 32.5 Å². The first-order valence-electron chi connectivity index (χ1n) is 9.33. The van der Waals surface area contributed by atoms with Crippen molar-refractivity contribution in [2.24, 2.45) is 5.92 Å². The highest BCUT2D eigenvalue weighted by atomic mass is 32.2. The minimum atomic E-state index is -2.89. The van der Waals surface area contributed by atoms with Crippen LogP contribution in [0.5, 0.6) is 5.75 Å². The Morgan fingerprint density at radius 3 is 2.53 bits per heavy atom. The van der Waals surface area contributed by atoms with Gasteiger partial charge in [-0.2, -0.15) is 8.78 Å². The van der Waals surface area contributed by atoms with Gasteiger partial charge in [0.1, 0.15) is 5.75 Å². The lowest BCUT2D eigenvalue weighted by Gasteiger charge is -2.15. The standard InChI is InChI=1S/C20H22F2N4O3S/c1-12(2)11-26-17(16-5-4-10-28-16)24-25-20(26)30-13(3)18(27)23-14-6-8-15(9-7-14)29-19(21)22/h4-10,12-13,19H,11H2,1-3H3,(H,23,27). The molecule has 0 aliphatic carbocycles. The molecular formula is C20H22F2N4O3S. The number of hydrogen-bond donors (Lipinski definition) is 1. The second kappa shape index (κ2) is 9.75. The predicted molar refractivity (Wildman–Crippen MR) is 110 cm³/mol. The van der Waals surface area contributed by atoms with Gasteiger partial charge in [0.2, 0.25) is 5.91 Å². The molecule has 0 saturated heterocycles. The Labute approximate surface area is 176 Å². The number of carbonyl (C=O) groups excluding carboxylic acids is 1. The first-order valence-corrected chi connectivity index (χ1v) is 10.2. The van der Waals surface area contributed by atoms with Gasteiger partial charge < -0.3 is 14.5 Å². The van der Waals surface area contributed by atoms with Crippen LogP contribution in [0.3, 0.4) is 0 Å². The molecule has 0 aliphatic heterocycles. The molecule has 0 spiro atoms. The summed E-state index contributed by atoms with van der Waals surface area (Å²) in [5.74, 6) is 1.34. The van der Waals surface area contributed by atoms with Gasteiger partial charge in [-0.15, -0.1) is 10.2 Å². The number of furan rings is 1. The monoisotopic (exact) mass is 436 g/mol. The van der Waals surface area contributed by atoms with Crippen LogP contribution < -0.4 is 10.1 Å². The van der Waals surface area contributed by atoms with Gasteiger partial charge >= 0.3 is 6.61 Å². The van der Waals surface area contributed by atoms with Crippen LogP contribution in [-0.2, 0) is 11.3 Å². The zero-order chi connectivity index (χ0) is 21.7. The van der Waals surface area contributed by atoms with E-state index in [1.165, 1.54) is 36.0 Å². The summed E-state index contributed by atoms with van der Waals surface area (Å²) in [6.45, 7) is 3.70. The van der Waals surface area contributed by atoms with Crippen molar-refractivity contribution >= 4 is 23.4 Å². The number of nitrogens with one attached hydrogen (secondary N) is 1. The molecule has 1 unspecified atom stereocenters. The fourth-order valence-electron chi connectivity index (χ4n) is 2.67. The first-order chi connectivity index (χ1) is 14.3. The summed E-state index contributed by atoms with van der Waals surface area (Å²) in [5, 5.41) is 11.4. The quantitative estimate of drug-likeness (QED) is 0.480. The zero-order valence-corrected chi connectivity index (χ0v) is 17.5. The Bertz CT molecular complexity index is 959. The van der Waals surface area contributed by atoms with Gasteiger partial charge in [0.05, 0.1) is 11.5 Å². The Kier molecular flexibility index (Phi) is 7.09. The Hall–Kier alpha value is -2.88. The third kappa shape index (κ3) is 5.59. The molecule has 1 N–H and O–H groups in total. The van der Waals surface area contributed by atoms with Crippen LogP contribution in [0.4, 0.5) is 14.5 Å². The third-order valence-electron chi connectivity index (χ3n) is 4.00. The molecule has 3 aromatic rings. The molecular weight excluding hydrogens is 414 g/mol. The Balaban J connectivity index is 1.69. The van der Waals surface area contributed by atoms with Gasteiger partial charge in [-0.3, -0.25) is 9.36 Å². The van der Waals surface area contributed by atoms with E-state index in [1.54, 1.807) is 19.3 Å². The third-order valence-corrected chi connectivity index (χ3v) is 5.09. The lowest BCUT2D eigenvalue weighted by atomic mass is 10.2. The normalized spacial score (nSPS) is 12.4. The maximum absolute atomic E-state index is 12.6. The number of anilines is 1. The molecule has 30 heavy (non-hydrogen) atoms.